The third-order valence-electron chi connectivity index (χ3n) is 5.78. The number of nitrogens with one attached hydrogen (secondary N) is 1. The summed E-state index contributed by atoms with van der Waals surface area (Å²) in [5, 5.41) is 7.48. The van der Waals surface area contributed by atoms with E-state index in [9.17, 15) is 14.4 Å². The van der Waals surface area contributed by atoms with E-state index < -0.39 is 6.04 Å². The number of rotatable bonds is 5. The zero-order valence-electron chi connectivity index (χ0n) is 17.7. The van der Waals surface area contributed by atoms with Gasteiger partial charge in [0.25, 0.3) is 5.56 Å². The molecule has 0 saturated heterocycles. The molecule has 3 aromatic rings. The molecule has 158 valence electrons. The lowest BCUT2D eigenvalue weighted by atomic mass is 9.89. The Labute approximate surface area is 180 Å². The van der Waals surface area contributed by atoms with Gasteiger partial charge in [0, 0.05) is 22.4 Å². The van der Waals surface area contributed by atoms with E-state index in [0.29, 0.717) is 17.7 Å². The zero-order valence-corrected chi connectivity index (χ0v) is 17.7. The molecule has 0 saturated carbocycles. The minimum Gasteiger partial charge on any atom is -0.324 e. The van der Waals surface area contributed by atoms with Gasteiger partial charge in [0.15, 0.2) is 5.78 Å². The molecular formula is C25H25N3O3. The second-order valence-corrected chi connectivity index (χ2v) is 7.93. The van der Waals surface area contributed by atoms with Gasteiger partial charge in [-0.3, -0.25) is 14.4 Å². The van der Waals surface area contributed by atoms with Crippen LogP contribution in [-0.4, -0.2) is 21.5 Å². The topological polar surface area (TPSA) is 81.1 Å². The highest BCUT2D eigenvalue weighted by Crippen LogP contribution is 2.28. The van der Waals surface area contributed by atoms with Gasteiger partial charge >= 0.3 is 0 Å². The number of carbonyl (C=O) groups is 2. The zero-order chi connectivity index (χ0) is 22.0. The first-order chi connectivity index (χ1) is 15.0. The number of fused-ring (bicyclic) bond motifs is 1. The molecule has 1 amide bonds. The maximum absolute atomic E-state index is 13.2. The van der Waals surface area contributed by atoms with Crippen LogP contribution in [-0.2, 0) is 17.6 Å². The minimum absolute atomic E-state index is 0.0375. The van der Waals surface area contributed by atoms with Crippen LogP contribution in [0.1, 0.15) is 54.2 Å². The molecule has 0 aliphatic heterocycles. The lowest BCUT2D eigenvalue weighted by Gasteiger charge is -2.22. The first-order valence-corrected chi connectivity index (χ1v) is 10.6. The molecule has 0 radical (unpaired) electrons. The fraction of sp³-hybridized carbons (Fsp3) is 0.280. The molecule has 1 N–H and O–H groups in total. The van der Waals surface area contributed by atoms with Crippen molar-refractivity contribution in [3.05, 3.63) is 81.6 Å². The Morgan fingerprint density at radius 1 is 0.968 bits per heavy atom. The SMILES string of the molecule is CC(=O)c1ccc(NC(=O)C(C)n2nc(-c3ccccc3)c3c(c2=O)CCCC3)cc1. The van der Waals surface area contributed by atoms with Crippen molar-refractivity contribution in [3.8, 4) is 11.3 Å². The summed E-state index contributed by atoms with van der Waals surface area (Å²) in [5.41, 5.74) is 4.45. The molecule has 0 bridgehead atoms. The maximum Gasteiger partial charge on any atom is 0.271 e. The first kappa shape index (κ1) is 20.7. The van der Waals surface area contributed by atoms with Crippen LogP contribution in [0.5, 0.6) is 0 Å². The molecule has 1 heterocycles. The maximum atomic E-state index is 13.2. The van der Waals surface area contributed by atoms with Gasteiger partial charge in [-0.1, -0.05) is 30.3 Å². The van der Waals surface area contributed by atoms with Crippen molar-refractivity contribution >= 4 is 17.4 Å². The Hall–Kier alpha value is -3.54. The van der Waals surface area contributed by atoms with Gasteiger partial charge in [-0.2, -0.15) is 5.10 Å². The molecule has 1 atom stereocenters. The van der Waals surface area contributed by atoms with Crippen molar-refractivity contribution in [2.75, 3.05) is 5.32 Å². The van der Waals surface area contributed by atoms with Crippen molar-refractivity contribution in [3.63, 3.8) is 0 Å². The van der Waals surface area contributed by atoms with Gasteiger partial charge in [-0.15, -0.1) is 0 Å². The predicted molar refractivity (Wildman–Crippen MR) is 120 cm³/mol. The van der Waals surface area contributed by atoms with E-state index in [1.54, 1.807) is 31.2 Å². The van der Waals surface area contributed by atoms with Crippen LogP contribution in [0.15, 0.2) is 59.4 Å². The van der Waals surface area contributed by atoms with Gasteiger partial charge in [0.2, 0.25) is 5.91 Å². The van der Waals surface area contributed by atoms with Crippen molar-refractivity contribution in [1.29, 1.82) is 0 Å². The molecule has 4 rings (SSSR count). The predicted octanol–water partition coefficient (Wildman–Crippen LogP) is 4.19. The molecular weight excluding hydrogens is 390 g/mol. The smallest absolute Gasteiger partial charge is 0.271 e. The summed E-state index contributed by atoms with van der Waals surface area (Å²) in [7, 11) is 0. The quantitative estimate of drug-likeness (QED) is 0.634. The molecule has 31 heavy (non-hydrogen) atoms. The molecule has 0 spiro atoms. The van der Waals surface area contributed by atoms with Crippen molar-refractivity contribution in [2.45, 2.75) is 45.6 Å². The van der Waals surface area contributed by atoms with Crippen LogP contribution in [0.3, 0.4) is 0 Å². The minimum atomic E-state index is -0.783. The third kappa shape index (κ3) is 4.19. The fourth-order valence-corrected chi connectivity index (χ4v) is 3.99. The van der Waals surface area contributed by atoms with Crippen molar-refractivity contribution in [1.82, 2.24) is 9.78 Å². The van der Waals surface area contributed by atoms with Crippen LogP contribution in [0.2, 0.25) is 0 Å². The molecule has 1 aliphatic carbocycles. The van der Waals surface area contributed by atoms with E-state index in [4.69, 9.17) is 0 Å². The van der Waals surface area contributed by atoms with E-state index in [1.807, 2.05) is 30.3 Å². The molecule has 2 aromatic carbocycles. The normalized spacial score (nSPS) is 13.9. The van der Waals surface area contributed by atoms with Crippen molar-refractivity contribution in [2.24, 2.45) is 0 Å². The summed E-state index contributed by atoms with van der Waals surface area (Å²) in [6, 6.07) is 15.7. The van der Waals surface area contributed by atoms with Crippen LogP contribution >= 0.6 is 0 Å². The number of hydrogen-bond donors (Lipinski definition) is 1. The molecule has 1 unspecified atom stereocenters. The first-order valence-electron chi connectivity index (χ1n) is 10.6. The van der Waals surface area contributed by atoms with E-state index in [1.165, 1.54) is 11.6 Å². The number of amides is 1. The number of ketones is 1. The molecule has 0 fully saturated rings. The highest BCUT2D eigenvalue weighted by atomic mass is 16.2. The standard InChI is InChI=1S/C25H25N3O3/c1-16(24(30)26-20-14-12-18(13-15-20)17(2)29)28-25(31)22-11-7-6-10-21(22)23(27-28)19-8-4-3-5-9-19/h3-5,8-9,12-16H,6-7,10-11H2,1-2H3,(H,26,30). The van der Waals surface area contributed by atoms with Crippen molar-refractivity contribution < 1.29 is 9.59 Å². The molecule has 6 heteroatoms. The molecule has 1 aromatic heterocycles. The highest BCUT2D eigenvalue weighted by Gasteiger charge is 2.25. The number of aromatic nitrogens is 2. The van der Waals surface area contributed by atoms with Gasteiger partial charge in [0.1, 0.15) is 6.04 Å². The van der Waals surface area contributed by atoms with E-state index in [-0.39, 0.29) is 17.2 Å². The van der Waals surface area contributed by atoms with Crippen LogP contribution in [0, 0.1) is 0 Å². The average Bonchev–Trinajstić information content (AvgIpc) is 2.80. The Morgan fingerprint density at radius 2 is 1.61 bits per heavy atom. The second kappa shape index (κ2) is 8.68. The van der Waals surface area contributed by atoms with Gasteiger partial charge < -0.3 is 5.32 Å². The molecule has 6 nitrogen and oxygen atoms in total. The average molecular weight is 415 g/mol. The monoisotopic (exact) mass is 415 g/mol. The third-order valence-corrected chi connectivity index (χ3v) is 5.78. The lowest BCUT2D eigenvalue weighted by molar-refractivity contribution is -0.119. The Kier molecular flexibility index (Phi) is 5.80. The summed E-state index contributed by atoms with van der Waals surface area (Å²) in [5.74, 6) is -0.371. The fourth-order valence-electron chi connectivity index (χ4n) is 3.99. The number of anilines is 1. The number of carbonyl (C=O) groups excluding carboxylic acids is 2. The summed E-state index contributed by atoms with van der Waals surface area (Å²) in [6.45, 7) is 3.17. The van der Waals surface area contributed by atoms with E-state index >= 15 is 0 Å². The highest BCUT2D eigenvalue weighted by molar-refractivity contribution is 5.96. The van der Waals surface area contributed by atoms with E-state index in [2.05, 4.69) is 10.4 Å². The van der Waals surface area contributed by atoms with Crippen LogP contribution in [0.4, 0.5) is 5.69 Å². The lowest BCUT2D eigenvalue weighted by Crippen LogP contribution is -2.37. The van der Waals surface area contributed by atoms with Gasteiger partial charge in [-0.25, -0.2) is 4.68 Å². The number of Topliss-reactive ketones (excluding diaryl/α,β-unsaturated/α-hetero) is 1. The number of hydrogen-bond acceptors (Lipinski definition) is 4. The Balaban J connectivity index is 1.69. The number of nitrogens with zero attached hydrogens (tertiary/aromatic N) is 2. The summed E-state index contributed by atoms with van der Waals surface area (Å²) in [4.78, 5) is 37.6. The van der Waals surface area contributed by atoms with Gasteiger partial charge in [-0.05, 0) is 69.4 Å². The summed E-state index contributed by atoms with van der Waals surface area (Å²) >= 11 is 0. The van der Waals surface area contributed by atoms with Crippen LogP contribution < -0.4 is 10.9 Å². The number of benzene rings is 2. The van der Waals surface area contributed by atoms with E-state index in [0.717, 1.165) is 41.6 Å². The largest absolute Gasteiger partial charge is 0.324 e. The van der Waals surface area contributed by atoms with Crippen LogP contribution in [0.25, 0.3) is 11.3 Å². The molecule has 1 aliphatic rings. The summed E-state index contributed by atoms with van der Waals surface area (Å²) in [6.07, 6.45) is 3.52. The second-order valence-electron chi connectivity index (χ2n) is 7.93. The Bertz CT molecular complexity index is 1180. The summed E-state index contributed by atoms with van der Waals surface area (Å²) < 4.78 is 1.31. The van der Waals surface area contributed by atoms with Gasteiger partial charge in [0.05, 0.1) is 5.69 Å². The Morgan fingerprint density at radius 3 is 2.26 bits per heavy atom.